The highest BCUT2D eigenvalue weighted by Gasteiger charge is 2.38. The molecule has 1 heterocycles. The Morgan fingerprint density at radius 1 is 1.04 bits per heavy atom. The number of hydrogen-bond acceptors (Lipinski definition) is 3. The first kappa shape index (κ1) is 18.6. The molecule has 1 fully saturated rings. The van der Waals surface area contributed by atoms with Crippen molar-refractivity contribution in [2.45, 2.75) is 25.3 Å². The van der Waals surface area contributed by atoms with E-state index < -0.39 is 0 Å². The Bertz CT molecular complexity index is 737. The van der Waals surface area contributed by atoms with Crippen LogP contribution in [0.3, 0.4) is 0 Å². The second kappa shape index (κ2) is 8.02. The molecule has 0 radical (unpaired) electrons. The number of benzene rings is 2. The van der Waals surface area contributed by atoms with E-state index in [1.54, 1.807) is 12.1 Å². The lowest BCUT2D eigenvalue weighted by Crippen LogP contribution is -2.52. The molecule has 4 heteroatoms. The number of likely N-dealkylation sites (N-methyl/N-ethyl adjacent to an activating group) is 1. The first-order valence-electron chi connectivity index (χ1n) is 9.39. The summed E-state index contributed by atoms with van der Waals surface area (Å²) in [6, 6.07) is 17.5. The van der Waals surface area contributed by atoms with Gasteiger partial charge in [-0.25, -0.2) is 4.79 Å². The number of para-hydroxylation sites is 1. The molecule has 1 N–H and O–H groups in total. The molecule has 0 saturated carbocycles. The molecule has 0 unspecified atom stereocenters. The van der Waals surface area contributed by atoms with Crippen LogP contribution in [-0.2, 0) is 11.2 Å². The van der Waals surface area contributed by atoms with Gasteiger partial charge in [0, 0.05) is 11.1 Å². The molecule has 1 amide bonds. The van der Waals surface area contributed by atoms with E-state index in [-0.39, 0.29) is 28.6 Å². The maximum Gasteiger partial charge on any atom is 0.318 e. The molecule has 138 valence electrons. The molecule has 1 aliphatic heterocycles. The van der Waals surface area contributed by atoms with Crippen LogP contribution in [0.1, 0.15) is 30.0 Å². The normalized spacial score (nSPS) is 16.5. The molecule has 0 spiro atoms. The van der Waals surface area contributed by atoms with E-state index in [0.29, 0.717) is 5.56 Å². The van der Waals surface area contributed by atoms with Gasteiger partial charge >= 0.3 is 5.91 Å². The lowest BCUT2D eigenvalue weighted by molar-refractivity contribution is -0.846. The minimum absolute atomic E-state index is 0.0765. The number of phenolic OH excluding ortho intramolecular Hbond substituents is 1. The summed E-state index contributed by atoms with van der Waals surface area (Å²) < 4.78 is 0.273. The Morgan fingerprint density at radius 3 is 2.31 bits per heavy atom. The predicted octanol–water partition coefficient (Wildman–Crippen LogP) is 3.37. The highest BCUT2D eigenvalue weighted by atomic mass is 16.3. The zero-order valence-electron chi connectivity index (χ0n) is 15.8. The number of amides is 1. The van der Waals surface area contributed by atoms with E-state index in [0.717, 1.165) is 19.6 Å². The number of phenols is 1. The fraction of sp³-hybridized carbons (Fsp3) is 0.409. The number of likely N-dealkylation sites (tertiary alicyclic amines) is 1. The number of hydrogen-bond donors (Lipinski definition) is 1. The van der Waals surface area contributed by atoms with Crippen molar-refractivity contribution in [2.24, 2.45) is 0 Å². The quantitative estimate of drug-likeness (QED) is 0.810. The molecule has 1 atom stereocenters. The maximum absolute atomic E-state index is 13.2. The van der Waals surface area contributed by atoms with Crippen LogP contribution in [0.2, 0.25) is 0 Å². The van der Waals surface area contributed by atoms with Gasteiger partial charge in [0.25, 0.3) is 0 Å². The van der Waals surface area contributed by atoms with Gasteiger partial charge in [0.15, 0.2) is 0 Å². The lowest BCUT2D eigenvalue weighted by atomic mass is 10.0. The van der Waals surface area contributed by atoms with Gasteiger partial charge in [-0.05, 0) is 32.0 Å². The van der Waals surface area contributed by atoms with Crippen LogP contribution in [0.15, 0.2) is 54.6 Å². The summed E-state index contributed by atoms with van der Waals surface area (Å²) in [5.41, 5.74) is 1.88. The van der Waals surface area contributed by atoms with Crippen molar-refractivity contribution < 1.29 is 14.4 Å². The van der Waals surface area contributed by atoms with E-state index in [9.17, 15) is 9.90 Å². The summed E-state index contributed by atoms with van der Waals surface area (Å²) in [4.78, 5) is 15.7. The number of aromatic hydroxyl groups is 1. The van der Waals surface area contributed by atoms with Crippen molar-refractivity contribution in [2.75, 3.05) is 33.7 Å². The summed E-state index contributed by atoms with van der Waals surface area (Å²) in [5.74, 6) is 0.302. The monoisotopic (exact) mass is 353 g/mol. The number of rotatable bonds is 6. The second-order valence-corrected chi connectivity index (χ2v) is 7.67. The van der Waals surface area contributed by atoms with Crippen molar-refractivity contribution in [1.29, 1.82) is 0 Å². The maximum atomic E-state index is 13.2. The zero-order chi connectivity index (χ0) is 18.6. The van der Waals surface area contributed by atoms with Crippen molar-refractivity contribution in [1.82, 2.24) is 4.90 Å². The van der Waals surface area contributed by atoms with Gasteiger partial charge in [-0.3, -0.25) is 9.38 Å². The molecule has 2 aromatic carbocycles. The predicted molar refractivity (Wildman–Crippen MR) is 104 cm³/mol. The number of quaternary nitrogens is 1. The molecule has 1 saturated heterocycles. The summed E-state index contributed by atoms with van der Waals surface area (Å²) >= 11 is 0. The first-order valence-corrected chi connectivity index (χ1v) is 9.39. The largest absolute Gasteiger partial charge is 0.508 e. The van der Waals surface area contributed by atoms with E-state index in [4.69, 9.17) is 0 Å². The topological polar surface area (TPSA) is 40.5 Å². The van der Waals surface area contributed by atoms with Crippen molar-refractivity contribution in [3.05, 3.63) is 65.7 Å². The molecule has 0 bridgehead atoms. The van der Waals surface area contributed by atoms with Crippen LogP contribution in [0.25, 0.3) is 0 Å². The Labute approximate surface area is 156 Å². The summed E-state index contributed by atoms with van der Waals surface area (Å²) in [6.07, 6.45) is 2.71. The van der Waals surface area contributed by atoms with Crippen molar-refractivity contribution in [3.8, 4) is 5.75 Å². The van der Waals surface area contributed by atoms with Crippen molar-refractivity contribution in [3.63, 3.8) is 0 Å². The molecule has 0 aromatic heterocycles. The second-order valence-electron chi connectivity index (χ2n) is 7.67. The summed E-state index contributed by atoms with van der Waals surface area (Å²) in [7, 11) is 3.99. The number of carbonyl (C=O) groups is 1. The van der Waals surface area contributed by atoms with Gasteiger partial charge < -0.3 is 5.11 Å². The average molecular weight is 353 g/mol. The fourth-order valence-electron chi connectivity index (χ4n) is 3.77. The molecule has 2 aromatic rings. The molecular weight excluding hydrogens is 324 g/mol. The van der Waals surface area contributed by atoms with Crippen molar-refractivity contribution >= 4 is 5.91 Å². The van der Waals surface area contributed by atoms with Gasteiger partial charge in [-0.1, -0.05) is 48.5 Å². The fourth-order valence-corrected chi connectivity index (χ4v) is 3.77. The first-order chi connectivity index (χ1) is 12.5. The van der Waals surface area contributed by atoms with Crippen LogP contribution in [0, 0.1) is 0 Å². The highest BCUT2D eigenvalue weighted by molar-refractivity contribution is 5.73. The smallest absolute Gasteiger partial charge is 0.318 e. The lowest BCUT2D eigenvalue weighted by Gasteiger charge is -2.38. The SMILES string of the molecule is C[N+](C)(C(=O)Cc1ccccc1O)[C@H](CN1CCCC1)c1ccccc1. The van der Waals surface area contributed by atoms with Crippen LogP contribution in [-0.4, -0.2) is 54.1 Å². The molecule has 3 rings (SSSR count). The van der Waals surface area contributed by atoms with E-state index in [1.165, 1.54) is 18.4 Å². The van der Waals surface area contributed by atoms with E-state index in [2.05, 4.69) is 17.0 Å². The van der Waals surface area contributed by atoms with Crippen LogP contribution >= 0.6 is 0 Å². The number of nitrogens with zero attached hydrogens (tertiary/aromatic N) is 2. The molecule has 4 nitrogen and oxygen atoms in total. The average Bonchev–Trinajstić information content (AvgIpc) is 3.15. The Balaban J connectivity index is 1.85. The Morgan fingerprint density at radius 2 is 1.65 bits per heavy atom. The minimum atomic E-state index is 0.0765. The summed E-state index contributed by atoms with van der Waals surface area (Å²) in [6.45, 7) is 3.09. The zero-order valence-corrected chi connectivity index (χ0v) is 15.8. The third-order valence-corrected chi connectivity index (χ3v) is 5.57. The highest BCUT2D eigenvalue weighted by Crippen LogP contribution is 2.29. The van der Waals surface area contributed by atoms with Crippen LogP contribution < -0.4 is 0 Å². The van der Waals surface area contributed by atoms with Gasteiger partial charge in [-0.15, -0.1) is 0 Å². The third-order valence-electron chi connectivity index (χ3n) is 5.57. The van der Waals surface area contributed by atoms with Crippen LogP contribution in [0.4, 0.5) is 0 Å². The van der Waals surface area contributed by atoms with Gasteiger partial charge in [0.2, 0.25) is 0 Å². The Hall–Kier alpha value is -2.17. The molecule has 0 aliphatic carbocycles. The van der Waals surface area contributed by atoms with E-state index >= 15 is 0 Å². The molecule has 1 aliphatic rings. The number of carbonyl (C=O) groups excluding carboxylic acids is 1. The van der Waals surface area contributed by atoms with Gasteiger partial charge in [-0.2, -0.15) is 0 Å². The Kier molecular flexibility index (Phi) is 5.74. The molecule has 26 heavy (non-hydrogen) atoms. The van der Waals surface area contributed by atoms with Gasteiger partial charge in [0.1, 0.15) is 11.8 Å². The van der Waals surface area contributed by atoms with Gasteiger partial charge in [0.05, 0.1) is 27.1 Å². The minimum Gasteiger partial charge on any atom is -0.508 e. The third kappa shape index (κ3) is 4.14. The standard InChI is InChI=1S/C22H28N2O2/c1-24(2,22(26)16-19-12-6-7-13-21(19)25)20(17-23-14-8-9-15-23)18-10-4-3-5-11-18/h3-7,10-13,20H,8-9,14-17H2,1-2H3/p+1/t20-/m1/s1. The van der Waals surface area contributed by atoms with Crippen LogP contribution in [0.5, 0.6) is 5.75 Å². The van der Waals surface area contributed by atoms with E-state index in [1.807, 2.05) is 44.4 Å². The molecular formula is C22H29N2O2+. The summed E-state index contributed by atoms with van der Waals surface area (Å²) in [5, 5.41) is 10.0.